The Morgan fingerprint density at radius 1 is 1.15 bits per heavy atom. The fraction of sp³-hybridized carbons (Fsp3) is 0.429. The van der Waals surface area contributed by atoms with Crippen molar-refractivity contribution in [3.8, 4) is 0 Å². The second-order valence-electron chi connectivity index (χ2n) is 7.19. The maximum Gasteiger partial charge on any atom is 0.261 e. The summed E-state index contributed by atoms with van der Waals surface area (Å²) >= 11 is 0. The SMILES string of the molecule is CCCN1CCCC(c2cccc(NS(=O)(=O)c3cccc(C)c3)c2)C1. The van der Waals surface area contributed by atoms with E-state index in [1.165, 1.54) is 24.9 Å². The molecular weight excluding hydrogens is 344 g/mol. The normalized spacial score (nSPS) is 18.6. The molecule has 5 heteroatoms. The highest BCUT2D eigenvalue weighted by Gasteiger charge is 2.21. The number of sulfonamides is 1. The molecular formula is C21H28N2O2S. The first kappa shape index (κ1) is 18.9. The van der Waals surface area contributed by atoms with Crippen LogP contribution in [-0.4, -0.2) is 33.0 Å². The summed E-state index contributed by atoms with van der Waals surface area (Å²) in [6.07, 6.45) is 3.53. The van der Waals surface area contributed by atoms with Crippen molar-refractivity contribution >= 4 is 15.7 Å². The summed E-state index contributed by atoms with van der Waals surface area (Å²) in [6.45, 7) is 7.47. The minimum atomic E-state index is -3.56. The minimum absolute atomic E-state index is 0.301. The molecule has 26 heavy (non-hydrogen) atoms. The molecule has 1 atom stereocenters. The quantitative estimate of drug-likeness (QED) is 0.818. The number of aryl methyl sites for hydroxylation is 1. The third kappa shape index (κ3) is 4.65. The van der Waals surface area contributed by atoms with Crippen molar-refractivity contribution in [3.63, 3.8) is 0 Å². The largest absolute Gasteiger partial charge is 0.303 e. The smallest absolute Gasteiger partial charge is 0.261 e. The van der Waals surface area contributed by atoms with Crippen LogP contribution in [0, 0.1) is 6.92 Å². The molecule has 2 aromatic carbocycles. The van der Waals surface area contributed by atoms with Gasteiger partial charge in [0.1, 0.15) is 0 Å². The van der Waals surface area contributed by atoms with Crippen molar-refractivity contribution < 1.29 is 8.42 Å². The topological polar surface area (TPSA) is 49.4 Å². The Balaban J connectivity index is 1.77. The number of hydrogen-bond acceptors (Lipinski definition) is 3. The average molecular weight is 373 g/mol. The molecule has 1 aliphatic heterocycles. The summed E-state index contributed by atoms with van der Waals surface area (Å²) in [7, 11) is -3.56. The lowest BCUT2D eigenvalue weighted by Crippen LogP contribution is -2.34. The van der Waals surface area contributed by atoms with Crippen LogP contribution in [0.25, 0.3) is 0 Å². The van der Waals surface area contributed by atoms with Gasteiger partial charge in [-0.05, 0) is 80.6 Å². The number of likely N-dealkylation sites (tertiary alicyclic amines) is 1. The molecule has 0 saturated carbocycles. The highest BCUT2D eigenvalue weighted by atomic mass is 32.2. The average Bonchev–Trinajstić information content (AvgIpc) is 2.62. The number of anilines is 1. The van der Waals surface area contributed by atoms with Crippen LogP contribution in [-0.2, 0) is 10.0 Å². The van der Waals surface area contributed by atoms with Gasteiger partial charge < -0.3 is 4.90 Å². The van der Waals surface area contributed by atoms with E-state index < -0.39 is 10.0 Å². The van der Waals surface area contributed by atoms with Gasteiger partial charge in [-0.1, -0.05) is 31.2 Å². The van der Waals surface area contributed by atoms with Crippen LogP contribution in [0.5, 0.6) is 0 Å². The molecule has 2 aromatic rings. The number of nitrogens with one attached hydrogen (secondary N) is 1. The van der Waals surface area contributed by atoms with Crippen LogP contribution in [0.2, 0.25) is 0 Å². The van der Waals surface area contributed by atoms with E-state index in [0.29, 0.717) is 16.5 Å². The fourth-order valence-corrected chi connectivity index (χ4v) is 4.85. The van der Waals surface area contributed by atoms with E-state index in [9.17, 15) is 8.42 Å². The summed E-state index contributed by atoms with van der Waals surface area (Å²) in [5.74, 6) is 0.471. The number of hydrogen-bond donors (Lipinski definition) is 1. The molecule has 0 radical (unpaired) electrons. The number of nitrogens with zero attached hydrogens (tertiary/aromatic N) is 1. The van der Waals surface area contributed by atoms with Gasteiger partial charge in [-0.3, -0.25) is 4.72 Å². The molecule has 0 bridgehead atoms. The summed E-state index contributed by atoms with van der Waals surface area (Å²) < 4.78 is 28.1. The molecule has 1 heterocycles. The molecule has 1 unspecified atom stereocenters. The molecule has 4 nitrogen and oxygen atoms in total. The zero-order valence-corrected chi connectivity index (χ0v) is 16.4. The highest BCUT2D eigenvalue weighted by Crippen LogP contribution is 2.29. The van der Waals surface area contributed by atoms with E-state index in [1.54, 1.807) is 18.2 Å². The lowest BCUT2D eigenvalue weighted by atomic mass is 9.90. The van der Waals surface area contributed by atoms with E-state index in [0.717, 1.165) is 25.1 Å². The third-order valence-corrected chi connectivity index (χ3v) is 6.33. The molecule has 0 aliphatic carbocycles. The van der Waals surface area contributed by atoms with Crippen LogP contribution in [0.4, 0.5) is 5.69 Å². The zero-order chi connectivity index (χ0) is 18.6. The van der Waals surface area contributed by atoms with Crippen molar-refractivity contribution in [3.05, 3.63) is 59.7 Å². The monoisotopic (exact) mass is 372 g/mol. The van der Waals surface area contributed by atoms with Gasteiger partial charge >= 0.3 is 0 Å². The first-order valence-electron chi connectivity index (χ1n) is 9.40. The lowest BCUT2D eigenvalue weighted by Gasteiger charge is -2.32. The van der Waals surface area contributed by atoms with Crippen molar-refractivity contribution in [2.24, 2.45) is 0 Å². The molecule has 3 rings (SSSR count). The molecule has 1 aliphatic rings. The van der Waals surface area contributed by atoms with Gasteiger partial charge in [0.25, 0.3) is 10.0 Å². The van der Waals surface area contributed by atoms with Gasteiger partial charge in [-0.25, -0.2) is 8.42 Å². The molecule has 1 N–H and O–H groups in total. The molecule has 0 aromatic heterocycles. The Hall–Kier alpha value is -1.85. The van der Waals surface area contributed by atoms with Crippen molar-refractivity contribution in [1.29, 1.82) is 0 Å². The number of rotatable bonds is 6. The summed E-state index contributed by atoms with van der Waals surface area (Å²) in [4.78, 5) is 2.81. The van der Waals surface area contributed by atoms with Gasteiger partial charge in [0.15, 0.2) is 0 Å². The van der Waals surface area contributed by atoms with Gasteiger partial charge in [-0.15, -0.1) is 0 Å². The summed E-state index contributed by atoms with van der Waals surface area (Å²) in [5, 5.41) is 0. The number of piperidine rings is 1. The predicted molar refractivity (Wildman–Crippen MR) is 107 cm³/mol. The van der Waals surface area contributed by atoms with Crippen molar-refractivity contribution in [2.75, 3.05) is 24.4 Å². The van der Waals surface area contributed by atoms with E-state index in [4.69, 9.17) is 0 Å². The maximum absolute atomic E-state index is 12.7. The maximum atomic E-state index is 12.7. The van der Waals surface area contributed by atoms with Crippen molar-refractivity contribution in [2.45, 2.75) is 43.9 Å². The Morgan fingerprint density at radius 2 is 1.96 bits per heavy atom. The minimum Gasteiger partial charge on any atom is -0.303 e. The first-order chi connectivity index (χ1) is 12.5. The third-order valence-electron chi connectivity index (χ3n) is 4.96. The second-order valence-corrected chi connectivity index (χ2v) is 8.87. The molecule has 1 saturated heterocycles. The first-order valence-corrected chi connectivity index (χ1v) is 10.9. The summed E-state index contributed by atoms with van der Waals surface area (Å²) in [5.41, 5.74) is 2.78. The Bertz CT molecular complexity index is 847. The van der Waals surface area contributed by atoms with Crippen LogP contribution in [0.1, 0.15) is 43.2 Å². The van der Waals surface area contributed by atoms with E-state index in [1.807, 2.05) is 31.2 Å². The van der Waals surface area contributed by atoms with Crippen LogP contribution in [0.15, 0.2) is 53.4 Å². The van der Waals surface area contributed by atoms with Crippen molar-refractivity contribution in [1.82, 2.24) is 4.90 Å². The number of benzene rings is 2. The van der Waals surface area contributed by atoms with E-state index in [-0.39, 0.29) is 0 Å². The highest BCUT2D eigenvalue weighted by molar-refractivity contribution is 7.92. The summed E-state index contributed by atoms with van der Waals surface area (Å²) in [6, 6.07) is 14.9. The zero-order valence-electron chi connectivity index (χ0n) is 15.6. The Morgan fingerprint density at radius 3 is 2.73 bits per heavy atom. The lowest BCUT2D eigenvalue weighted by molar-refractivity contribution is 0.208. The van der Waals surface area contributed by atoms with Gasteiger partial charge in [0.05, 0.1) is 4.90 Å². The van der Waals surface area contributed by atoms with Crippen LogP contribution in [0.3, 0.4) is 0 Å². The van der Waals surface area contributed by atoms with Gasteiger partial charge in [0, 0.05) is 12.2 Å². The van der Waals surface area contributed by atoms with Gasteiger partial charge in [0.2, 0.25) is 0 Å². The fourth-order valence-electron chi connectivity index (χ4n) is 3.70. The van der Waals surface area contributed by atoms with Crippen LogP contribution < -0.4 is 4.72 Å². The molecule has 140 valence electrons. The molecule has 0 spiro atoms. The standard InChI is InChI=1S/C21H28N2O2S/c1-3-12-23-13-6-9-19(16-23)18-8-5-10-20(15-18)22-26(24,25)21-11-4-7-17(2)14-21/h4-5,7-8,10-11,14-15,19,22H,3,6,9,12-13,16H2,1-2H3. The van der Waals surface area contributed by atoms with Crippen LogP contribution >= 0.6 is 0 Å². The second kappa shape index (κ2) is 8.23. The molecule has 0 amide bonds. The molecule has 1 fully saturated rings. The Kier molecular flexibility index (Phi) is 5.99. The Labute approximate surface area is 157 Å². The predicted octanol–water partition coefficient (Wildman–Crippen LogP) is 4.39. The van der Waals surface area contributed by atoms with E-state index in [2.05, 4.69) is 22.6 Å². The van der Waals surface area contributed by atoms with E-state index >= 15 is 0 Å². The van der Waals surface area contributed by atoms with Gasteiger partial charge in [-0.2, -0.15) is 0 Å².